The number of hydrogen-bond acceptors (Lipinski definition) is 6. The molecule has 2 saturated heterocycles. The van der Waals surface area contributed by atoms with Crippen LogP contribution < -0.4 is 5.32 Å². The highest BCUT2D eigenvalue weighted by Crippen LogP contribution is 2.37. The third-order valence-corrected chi connectivity index (χ3v) is 9.72. The van der Waals surface area contributed by atoms with E-state index < -0.39 is 0 Å². The first kappa shape index (κ1) is 28.6. The van der Waals surface area contributed by atoms with Crippen LogP contribution in [-0.4, -0.2) is 57.6 Å². The number of amides is 1. The smallest absolute Gasteiger partial charge is 0.407 e. The number of fused-ring (bicyclic) bond motifs is 1. The monoisotopic (exact) mass is 613 g/mol. The van der Waals surface area contributed by atoms with E-state index >= 15 is 4.39 Å². The molecular weight excluding hydrogens is 580 g/mol. The van der Waals surface area contributed by atoms with E-state index in [0.29, 0.717) is 30.1 Å². The molecule has 7 rings (SSSR count). The van der Waals surface area contributed by atoms with Gasteiger partial charge in [-0.15, -0.1) is 11.3 Å². The van der Waals surface area contributed by atoms with Crippen molar-refractivity contribution in [2.24, 2.45) is 0 Å². The number of nitrogens with zero attached hydrogens (tertiary/aromatic N) is 4. The number of alkyl carbamates (subject to hydrolysis) is 1. The van der Waals surface area contributed by atoms with E-state index in [1.165, 1.54) is 29.0 Å². The average molecular weight is 614 g/mol. The fourth-order valence-corrected chi connectivity index (χ4v) is 7.33. The van der Waals surface area contributed by atoms with E-state index in [-0.39, 0.29) is 23.8 Å². The van der Waals surface area contributed by atoms with E-state index in [4.69, 9.17) is 14.7 Å². The lowest BCUT2D eigenvalue weighted by atomic mass is 9.90. The van der Waals surface area contributed by atoms with Gasteiger partial charge in [0.25, 0.3) is 0 Å². The van der Waals surface area contributed by atoms with Crippen LogP contribution in [0.3, 0.4) is 0 Å². The minimum Gasteiger partial charge on any atom is -0.447 e. The predicted molar refractivity (Wildman–Crippen MR) is 168 cm³/mol. The Morgan fingerprint density at radius 2 is 1.80 bits per heavy atom. The largest absolute Gasteiger partial charge is 0.447 e. The molecule has 44 heavy (non-hydrogen) atoms. The van der Waals surface area contributed by atoms with Gasteiger partial charge in [-0.2, -0.15) is 0 Å². The highest BCUT2D eigenvalue weighted by molar-refractivity contribution is 7.13. The molecule has 0 bridgehead atoms. The maximum Gasteiger partial charge on any atom is 0.407 e. The van der Waals surface area contributed by atoms with Crippen molar-refractivity contribution in [2.75, 3.05) is 26.2 Å². The van der Waals surface area contributed by atoms with Crippen LogP contribution in [0, 0.1) is 18.6 Å². The van der Waals surface area contributed by atoms with Crippen molar-refractivity contribution in [1.82, 2.24) is 24.6 Å². The van der Waals surface area contributed by atoms with Gasteiger partial charge >= 0.3 is 6.09 Å². The molecule has 5 heterocycles. The van der Waals surface area contributed by atoms with Crippen LogP contribution in [0.1, 0.15) is 42.5 Å². The molecule has 226 valence electrons. The number of nitrogens with one attached hydrogen (secondary N) is 1. The molecule has 1 N–H and O–H groups in total. The molecule has 10 heteroatoms. The first-order chi connectivity index (χ1) is 21.4. The Morgan fingerprint density at radius 3 is 2.52 bits per heavy atom. The summed E-state index contributed by atoms with van der Waals surface area (Å²) in [6.07, 6.45) is 4.50. The molecule has 2 aliphatic rings. The minimum absolute atomic E-state index is 0.0496. The topological polar surface area (TPSA) is 71.8 Å². The molecule has 2 aromatic carbocycles. The second-order valence-corrected chi connectivity index (χ2v) is 12.5. The Kier molecular flexibility index (Phi) is 7.63. The number of benzene rings is 2. The Bertz CT molecular complexity index is 1840. The fraction of sp³-hybridized carbons (Fsp3) is 0.324. The molecule has 1 unspecified atom stereocenters. The summed E-state index contributed by atoms with van der Waals surface area (Å²) in [7, 11) is 0. The van der Waals surface area contributed by atoms with Gasteiger partial charge in [0.15, 0.2) is 0 Å². The zero-order valence-corrected chi connectivity index (χ0v) is 25.5. The Hall–Kier alpha value is -4.15. The predicted octanol–water partition coefficient (Wildman–Crippen LogP) is 7.23. The van der Waals surface area contributed by atoms with E-state index in [9.17, 15) is 9.18 Å². The van der Waals surface area contributed by atoms with Crippen molar-refractivity contribution in [3.8, 4) is 33.1 Å². The number of likely N-dealkylation sites (tertiary alicyclic amines) is 1. The van der Waals surface area contributed by atoms with Gasteiger partial charge in [0.05, 0.1) is 23.1 Å². The van der Waals surface area contributed by atoms with E-state index in [1.807, 2.05) is 30.5 Å². The van der Waals surface area contributed by atoms with Crippen molar-refractivity contribution < 1.29 is 18.3 Å². The lowest BCUT2D eigenvalue weighted by molar-refractivity contribution is 0.169. The van der Waals surface area contributed by atoms with E-state index in [0.717, 1.165) is 71.3 Å². The van der Waals surface area contributed by atoms with Crippen LogP contribution in [0.5, 0.6) is 0 Å². The van der Waals surface area contributed by atoms with Crippen LogP contribution in [0.15, 0.2) is 60.1 Å². The summed E-state index contributed by atoms with van der Waals surface area (Å²) < 4.78 is 36.8. The zero-order valence-electron chi connectivity index (χ0n) is 24.6. The van der Waals surface area contributed by atoms with Crippen LogP contribution in [0.2, 0.25) is 0 Å². The minimum atomic E-state index is -0.332. The van der Waals surface area contributed by atoms with Gasteiger partial charge in [0, 0.05) is 34.8 Å². The number of aromatic nitrogens is 3. The summed E-state index contributed by atoms with van der Waals surface area (Å²) in [5.41, 5.74) is 7.04. The van der Waals surface area contributed by atoms with Crippen LogP contribution in [0.25, 0.3) is 38.7 Å². The van der Waals surface area contributed by atoms with Gasteiger partial charge in [-0.3, -0.25) is 4.40 Å². The second kappa shape index (κ2) is 11.7. The van der Waals surface area contributed by atoms with E-state index in [1.54, 1.807) is 19.1 Å². The lowest BCUT2D eigenvalue weighted by Gasteiger charge is -2.33. The fourth-order valence-electron chi connectivity index (χ4n) is 6.42. The molecule has 0 saturated carbocycles. The summed E-state index contributed by atoms with van der Waals surface area (Å²) in [4.78, 5) is 23.4. The number of aryl methyl sites for hydroxylation is 1. The third-order valence-electron chi connectivity index (χ3n) is 8.84. The highest BCUT2D eigenvalue weighted by atomic mass is 32.1. The number of cyclic esters (lactones) is 1. The van der Waals surface area contributed by atoms with E-state index in [2.05, 4.69) is 26.9 Å². The van der Waals surface area contributed by atoms with Gasteiger partial charge in [-0.1, -0.05) is 19.1 Å². The van der Waals surface area contributed by atoms with Crippen molar-refractivity contribution >= 4 is 23.1 Å². The van der Waals surface area contributed by atoms with Crippen LogP contribution in [-0.2, 0) is 11.2 Å². The SMILES string of the molecule is CCc1nc2ccc(C3CCN(CC4COC(=O)N4)CC3)cn2c1-c1ccc(-c2nc(-c3ccc(F)cc3)cs2)c(C)c1F. The molecule has 5 aromatic rings. The quantitative estimate of drug-likeness (QED) is 0.210. The Balaban J connectivity index is 1.16. The maximum atomic E-state index is 16.3. The van der Waals surface area contributed by atoms with Crippen molar-refractivity contribution in [2.45, 2.75) is 45.1 Å². The van der Waals surface area contributed by atoms with Crippen molar-refractivity contribution in [3.63, 3.8) is 0 Å². The number of carbonyl (C=O) groups is 1. The highest BCUT2D eigenvalue weighted by Gasteiger charge is 2.28. The maximum absolute atomic E-state index is 16.3. The average Bonchev–Trinajstić information content (AvgIpc) is 3.78. The van der Waals surface area contributed by atoms with Crippen LogP contribution in [0.4, 0.5) is 13.6 Å². The van der Waals surface area contributed by atoms with Gasteiger partial charge in [-0.05, 0) is 92.7 Å². The number of pyridine rings is 1. The molecule has 2 fully saturated rings. The molecule has 0 spiro atoms. The molecule has 2 aliphatic heterocycles. The number of thiazole rings is 1. The molecule has 3 aromatic heterocycles. The molecule has 1 atom stereocenters. The molecule has 1 amide bonds. The number of rotatable bonds is 7. The van der Waals surface area contributed by atoms with Crippen LogP contribution >= 0.6 is 11.3 Å². The second-order valence-electron chi connectivity index (χ2n) is 11.6. The number of carbonyl (C=O) groups excluding carboxylic acids is 1. The molecule has 0 aliphatic carbocycles. The Morgan fingerprint density at radius 1 is 1.02 bits per heavy atom. The first-order valence-corrected chi connectivity index (χ1v) is 15.9. The summed E-state index contributed by atoms with van der Waals surface area (Å²) in [6.45, 7) is 6.96. The third kappa shape index (κ3) is 5.37. The van der Waals surface area contributed by atoms with Gasteiger partial charge < -0.3 is 15.0 Å². The molecular formula is C34H33F2N5O2S. The number of imidazole rings is 1. The summed E-state index contributed by atoms with van der Waals surface area (Å²) in [6, 6.07) is 14.3. The zero-order chi connectivity index (χ0) is 30.4. The number of ether oxygens (including phenoxy) is 1. The summed E-state index contributed by atoms with van der Waals surface area (Å²) >= 11 is 1.45. The first-order valence-electron chi connectivity index (χ1n) is 15.1. The van der Waals surface area contributed by atoms with Crippen molar-refractivity contribution in [1.29, 1.82) is 0 Å². The summed E-state index contributed by atoms with van der Waals surface area (Å²) in [5.74, 6) is -0.184. The van der Waals surface area contributed by atoms with Gasteiger partial charge in [0.2, 0.25) is 0 Å². The van der Waals surface area contributed by atoms with Crippen molar-refractivity contribution in [3.05, 3.63) is 88.6 Å². The molecule has 0 radical (unpaired) electrons. The number of halogens is 2. The number of piperidine rings is 1. The van der Waals surface area contributed by atoms with Gasteiger partial charge in [0.1, 0.15) is 28.9 Å². The standard InChI is InChI=1S/C34H33F2N5O2S/c1-3-28-32(27-10-9-26(20(2)31(27)36)33-39-29(19-44-33)22-4-7-24(35)8-5-22)41-16-23(6-11-30(41)38-28)21-12-14-40(15-13-21)17-25-18-43-34(42)37-25/h4-11,16,19,21,25H,3,12-15,17-18H2,1-2H3,(H,37,42). The number of hydrogen-bond donors (Lipinski definition) is 1. The molecule has 7 nitrogen and oxygen atoms in total. The van der Waals surface area contributed by atoms with Gasteiger partial charge in [-0.25, -0.2) is 23.5 Å². The lowest BCUT2D eigenvalue weighted by Crippen LogP contribution is -2.43. The normalized spacial score (nSPS) is 17.7. The Labute approximate surface area is 258 Å². The summed E-state index contributed by atoms with van der Waals surface area (Å²) in [5, 5.41) is 5.50.